The molecule has 0 bridgehead atoms. The monoisotopic (exact) mass is 575 g/mol. The molecule has 3 atom stereocenters. The van der Waals surface area contributed by atoms with Gasteiger partial charge in [-0.2, -0.15) is 0 Å². The number of hydrogen-bond acceptors (Lipinski definition) is 6. The Kier molecular flexibility index (Phi) is 7.06. The van der Waals surface area contributed by atoms with Crippen molar-refractivity contribution in [2.75, 3.05) is 24.2 Å². The van der Waals surface area contributed by atoms with Crippen LogP contribution in [0.1, 0.15) is 12.0 Å². The number of thiocarbonyl (C=S) groups is 1. The Morgan fingerprint density at radius 1 is 1.02 bits per heavy atom. The Bertz CT molecular complexity index is 1450. The van der Waals surface area contributed by atoms with Gasteiger partial charge in [0.1, 0.15) is 33.7 Å². The number of thioether (sulfide) groups is 1. The largest absolute Gasteiger partial charge is 0.457 e. The SMILES string of the molecule is O=C1CSC(=S)N1CC(=O)N1CC(Cc2ccccc2)C2CC21C(=O)Nc1ccc(Oc2ccc(F)cc2)cc1. The van der Waals surface area contributed by atoms with Crippen molar-refractivity contribution >= 4 is 51.7 Å². The number of likely N-dealkylation sites (tertiary alicyclic amines) is 1. The molecule has 0 radical (unpaired) electrons. The van der Waals surface area contributed by atoms with Gasteiger partial charge < -0.3 is 15.0 Å². The van der Waals surface area contributed by atoms with Gasteiger partial charge in [0.15, 0.2) is 0 Å². The molecule has 6 rings (SSSR count). The molecule has 3 amide bonds. The fraction of sp³-hybridized carbons (Fsp3) is 0.267. The quantitative estimate of drug-likeness (QED) is 0.386. The van der Waals surface area contributed by atoms with E-state index in [1.165, 1.54) is 40.9 Å². The van der Waals surface area contributed by atoms with Gasteiger partial charge in [0.05, 0.1) is 5.75 Å². The third-order valence-corrected chi connectivity index (χ3v) is 9.22. The van der Waals surface area contributed by atoms with E-state index in [9.17, 15) is 18.8 Å². The second-order valence-corrected chi connectivity index (χ2v) is 11.9. The van der Waals surface area contributed by atoms with Gasteiger partial charge in [0.25, 0.3) is 5.91 Å². The van der Waals surface area contributed by atoms with E-state index in [4.69, 9.17) is 17.0 Å². The number of piperidine rings is 1. The van der Waals surface area contributed by atoms with Crippen LogP contribution >= 0.6 is 24.0 Å². The summed E-state index contributed by atoms with van der Waals surface area (Å²) in [6.07, 6.45) is 1.33. The van der Waals surface area contributed by atoms with E-state index in [1.54, 1.807) is 29.2 Å². The summed E-state index contributed by atoms with van der Waals surface area (Å²) in [6, 6.07) is 22.7. The van der Waals surface area contributed by atoms with Crippen molar-refractivity contribution in [3.8, 4) is 11.5 Å². The van der Waals surface area contributed by atoms with Crippen molar-refractivity contribution in [3.05, 3.63) is 90.2 Å². The lowest BCUT2D eigenvalue weighted by atomic mass is 9.95. The molecule has 0 spiro atoms. The van der Waals surface area contributed by atoms with Crippen LogP contribution in [0.5, 0.6) is 11.5 Å². The second-order valence-electron chi connectivity index (χ2n) is 10.3. The molecule has 3 aromatic rings. The average Bonchev–Trinajstić information content (AvgIpc) is 3.53. The van der Waals surface area contributed by atoms with Crippen LogP contribution < -0.4 is 10.1 Å². The number of carbonyl (C=O) groups is 3. The van der Waals surface area contributed by atoms with Crippen LogP contribution in [0, 0.1) is 17.7 Å². The summed E-state index contributed by atoms with van der Waals surface area (Å²) in [7, 11) is 0. The lowest BCUT2D eigenvalue weighted by Crippen LogP contribution is -2.51. The molecule has 1 N–H and O–H groups in total. The highest BCUT2D eigenvalue weighted by atomic mass is 32.2. The third-order valence-electron chi connectivity index (χ3n) is 7.78. The summed E-state index contributed by atoms with van der Waals surface area (Å²) >= 11 is 6.53. The van der Waals surface area contributed by atoms with E-state index in [-0.39, 0.29) is 47.7 Å². The molecule has 0 aromatic heterocycles. The highest BCUT2D eigenvalue weighted by Crippen LogP contribution is 2.59. The van der Waals surface area contributed by atoms with Crippen LogP contribution in [0.4, 0.5) is 10.1 Å². The number of benzene rings is 3. The third kappa shape index (κ3) is 5.09. The van der Waals surface area contributed by atoms with Gasteiger partial charge >= 0.3 is 0 Å². The molecule has 3 aromatic carbocycles. The van der Waals surface area contributed by atoms with Gasteiger partial charge in [0, 0.05) is 12.2 Å². The lowest BCUT2D eigenvalue weighted by Gasteiger charge is -2.29. The summed E-state index contributed by atoms with van der Waals surface area (Å²) in [6.45, 7) is 0.290. The van der Waals surface area contributed by atoms with Crippen LogP contribution in [0.25, 0.3) is 0 Å². The van der Waals surface area contributed by atoms with Gasteiger partial charge in [-0.3, -0.25) is 19.3 Å². The molecule has 3 unspecified atom stereocenters. The fourth-order valence-corrected chi connectivity index (χ4v) is 6.81. The maximum Gasteiger partial charge on any atom is 0.250 e. The van der Waals surface area contributed by atoms with E-state index in [0.717, 1.165) is 12.0 Å². The number of anilines is 1. The fourth-order valence-electron chi connectivity index (χ4n) is 5.74. The number of ether oxygens (including phenoxy) is 1. The van der Waals surface area contributed by atoms with Crippen LogP contribution in [-0.2, 0) is 20.8 Å². The minimum atomic E-state index is -0.961. The first-order chi connectivity index (χ1) is 19.3. The van der Waals surface area contributed by atoms with E-state index >= 15 is 0 Å². The van der Waals surface area contributed by atoms with E-state index < -0.39 is 5.54 Å². The summed E-state index contributed by atoms with van der Waals surface area (Å²) in [5.41, 5.74) is 0.770. The lowest BCUT2D eigenvalue weighted by molar-refractivity contribution is -0.141. The molecule has 2 saturated heterocycles. The van der Waals surface area contributed by atoms with Crippen LogP contribution in [0.15, 0.2) is 78.9 Å². The molecule has 3 aliphatic rings. The van der Waals surface area contributed by atoms with Crippen molar-refractivity contribution < 1.29 is 23.5 Å². The number of amides is 3. The Balaban J connectivity index is 1.18. The molecule has 204 valence electrons. The summed E-state index contributed by atoms with van der Waals surface area (Å²) in [5.74, 6) is 0.381. The minimum absolute atomic E-state index is 0.0216. The molecule has 2 aliphatic heterocycles. The first kappa shape index (κ1) is 26.5. The first-order valence-corrected chi connectivity index (χ1v) is 14.4. The zero-order chi connectivity index (χ0) is 27.9. The number of rotatable bonds is 8. The minimum Gasteiger partial charge on any atom is -0.457 e. The maximum atomic E-state index is 13.8. The number of nitrogens with one attached hydrogen (secondary N) is 1. The summed E-state index contributed by atoms with van der Waals surface area (Å²) < 4.78 is 19.3. The first-order valence-electron chi connectivity index (χ1n) is 13.0. The molecule has 7 nitrogen and oxygen atoms in total. The molecule has 40 heavy (non-hydrogen) atoms. The van der Waals surface area contributed by atoms with Crippen molar-refractivity contribution in [3.63, 3.8) is 0 Å². The maximum absolute atomic E-state index is 13.8. The predicted octanol–water partition coefficient (Wildman–Crippen LogP) is 4.88. The zero-order valence-electron chi connectivity index (χ0n) is 21.4. The second kappa shape index (κ2) is 10.7. The van der Waals surface area contributed by atoms with Crippen molar-refractivity contribution in [2.45, 2.75) is 18.4 Å². The van der Waals surface area contributed by atoms with E-state index in [1.807, 2.05) is 18.2 Å². The number of carbonyl (C=O) groups excluding carboxylic acids is 3. The zero-order valence-corrected chi connectivity index (χ0v) is 23.1. The molecule has 3 fully saturated rings. The molecule has 10 heteroatoms. The van der Waals surface area contributed by atoms with Crippen molar-refractivity contribution in [1.82, 2.24) is 9.80 Å². The Hall–Kier alpha value is -3.76. The van der Waals surface area contributed by atoms with Crippen molar-refractivity contribution in [1.29, 1.82) is 0 Å². The molecule has 1 saturated carbocycles. The smallest absolute Gasteiger partial charge is 0.250 e. The van der Waals surface area contributed by atoms with Gasteiger partial charge in [-0.25, -0.2) is 4.39 Å². The normalized spacial score (nSPS) is 23.2. The Labute approximate surface area is 240 Å². The topological polar surface area (TPSA) is 79.0 Å². The number of fused-ring (bicyclic) bond motifs is 1. The van der Waals surface area contributed by atoms with Gasteiger partial charge in [0.2, 0.25) is 11.8 Å². The predicted molar refractivity (Wildman–Crippen MR) is 155 cm³/mol. The molecule has 2 heterocycles. The van der Waals surface area contributed by atoms with Gasteiger partial charge in [-0.05, 0) is 78.8 Å². The summed E-state index contributed by atoms with van der Waals surface area (Å²) in [4.78, 5) is 42.7. The Morgan fingerprint density at radius 3 is 2.35 bits per heavy atom. The number of halogens is 1. The van der Waals surface area contributed by atoms with Crippen LogP contribution in [-0.4, -0.2) is 56.2 Å². The number of nitrogens with zero attached hydrogens (tertiary/aromatic N) is 2. The molecular formula is C30H26FN3O4S2. The van der Waals surface area contributed by atoms with E-state index in [0.29, 0.717) is 34.5 Å². The van der Waals surface area contributed by atoms with Crippen LogP contribution in [0.3, 0.4) is 0 Å². The summed E-state index contributed by atoms with van der Waals surface area (Å²) in [5, 5.41) is 3.00. The van der Waals surface area contributed by atoms with Crippen LogP contribution in [0.2, 0.25) is 0 Å². The molecular weight excluding hydrogens is 549 g/mol. The highest BCUT2D eigenvalue weighted by Gasteiger charge is 2.71. The molecule has 1 aliphatic carbocycles. The average molecular weight is 576 g/mol. The van der Waals surface area contributed by atoms with Gasteiger partial charge in [-0.15, -0.1) is 0 Å². The highest BCUT2D eigenvalue weighted by molar-refractivity contribution is 8.23. The van der Waals surface area contributed by atoms with Crippen molar-refractivity contribution in [2.24, 2.45) is 11.8 Å². The number of hydrogen-bond donors (Lipinski definition) is 1. The Morgan fingerprint density at radius 2 is 1.70 bits per heavy atom. The van der Waals surface area contributed by atoms with Gasteiger partial charge in [-0.1, -0.05) is 54.3 Å². The standard InChI is InChI=1S/C30H26FN3O4S2/c31-21-6-10-23(11-7-21)38-24-12-8-22(9-13-24)32-28(37)30-15-25(30)20(14-19-4-2-1-3-5-19)16-34(30)26(35)17-33-27(36)18-40-29(33)39/h1-13,20,25H,14-18H2,(H,32,37). The van der Waals surface area contributed by atoms with E-state index in [2.05, 4.69) is 17.4 Å².